The summed E-state index contributed by atoms with van der Waals surface area (Å²) in [5.41, 5.74) is 0. The quantitative estimate of drug-likeness (QED) is 0.311. The number of aliphatic hydroxyl groups is 2. The molecule has 0 bridgehead atoms. The van der Waals surface area contributed by atoms with Gasteiger partial charge in [0.25, 0.3) is 0 Å². The molecule has 1 atom stereocenters. The number of ether oxygens (including phenoxy) is 1. The Balaban J connectivity index is 0. The lowest BCUT2D eigenvalue weighted by atomic mass is 10.3. The SMILES string of the molecule is CC(=O)CC(=O)O.CC(=O)CC(=O)OC(O)CO. The summed E-state index contributed by atoms with van der Waals surface area (Å²) in [6, 6.07) is 0. The average Bonchev–Trinajstić information content (AvgIpc) is 2.14. The Morgan fingerprint density at radius 3 is 1.72 bits per heavy atom. The standard InChI is InChI=1S/C6H10O5.C4H6O3/c1-4(8)2-5(9)11-6(10)3-7;1-3(5)2-4(6)7/h6-7,10H,2-3H2,1H3;2H2,1H3,(H,6,7). The molecule has 0 heterocycles. The third-order valence-corrected chi connectivity index (χ3v) is 1.22. The van der Waals surface area contributed by atoms with E-state index in [9.17, 15) is 19.2 Å². The summed E-state index contributed by atoms with van der Waals surface area (Å²) in [7, 11) is 0. The molecule has 0 saturated carbocycles. The van der Waals surface area contributed by atoms with Gasteiger partial charge >= 0.3 is 11.9 Å². The van der Waals surface area contributed by atoms with Crippen molar-refractivity contribution in [2.45, 2.75) is 33.0 Å². The molecular weight excluding hydrogens is 248 g/mol. The normalized spacial score (nSPS) is 10.7. The molecule has 8 heteroatoms. The van der Waals surface area contributed by atoms with Crippen molar-refractivity contribution in [2.75, 3.05) is 6.61 Å². The first-order valence-corrected chi connectivity index (χ1v) is 4.88. The second kappa shape index (κ2) is 10.4. The Kier molecular flexibility index (Phi) is 10.7. The fourth-order valence-corrected chi connectivity index (χ4v) is 0.647. The number of aliphatic carboxylic acids is 1. The average molecular weight is 264 g/mol. The molecule has 0 aliphatic carbocycles. The lowest BCUT2D eigenvalue weighted by Gasteiger charge is -2.07. The summed E-state index contributed by atoms with van der Waals surface area (Å²) in [6.45, 7) is 1.81. The molecule has 1 unspecified atom stereocenters. The van der Waals surface area contributed by atoms with Crippen molar-refractivity contribution in [1.29, 1.82) is 0 Å². The van der Waals surface area contributed by atoms with Gasteiger partial charge in [-0.3, -0.25) is 19.2 Å². The number of aliphatic hydroxyl groups excluding tert-OH is 2. The molecular formula is C10H16O8. The van der Waals surface area contributed by atoms with Gasteiger partial charge in [0, 0.05) is 0 Å². The highest BCUT2D eigenvalue weighted by atomic mass is 16.6. The highest BCUT2D eigenvalue weighted by Crippen LogP contribution is 1.91. The Hall–Kier alpha value is -1.80. The fourth-order valence-electron chi connectivity index (χ4n) is 0.647. The van der Waals surface area contributed by atoms with Gasteiger partial charge in [0.1, 0.15) is 31.0 Å². The van der Waals surface area contributed by atoms with Gasteiger partial charge in [-0.15, -0.1) is 0 Å². The first-order chi connectivity index (χ1) is 8.18. The van der Waals surface area contributed by atoms with Gasteiger partial charge in [-0.05, 0) is 13.8 Å². The molecule has 0 radical (unpaired) electrons. The van der Waals surface area contributed by atoms with E-state index in [1.165, 1.54) is 13.8 Å². The number of carboxylic acid groups (broad SMARTS) is 1. The van der Waals surface area contributed by atoms with Crippen LogP contribution in [0.1, 0.15) is 26.7 Å². The number of rotatable bonds is 6. The maximum atomic E-state index is 10.5. The van der Waals surface area contributed by atoms with Gasteiger partial charge in [0.2, 0.25) is 6.29 Å². The number of carboxylic acids is 1. The van der Waals surface area contributed by atoms with Crippen LogP contribution in [0.25, 0.3) is 0 Å². The molecule has 0 aromatic heterocycles. The molecule has 3 N–H and O–H groups in total. The van der Waals surface area contributed by atoms with Crippen LogP contribution in [0.5, 0.6) is 0 Å². The van der Waals surface area contributed by atoms with Crippen molar-refractivity contribution in [3.05, 3.63) is 0 Å². The number of ketones is 2. The van der Waals surface area contributed by atoms with Crippen LogP contribution in [-0.2, 0) is 23.9 Å². The van der Waals surface area contributed by atoms with Crippen LogP contribution in [0.2, 0.25) is 0 Å². The predicted molar refractivity (Wildman–Crippen MR) is 57.4 cm³/mol. The topological polar surface area (TPSA) is 138 Å². The van der Waals surface area contributed by atoms with Crippen LogP contribution in [0.15, 0.2) is 0 Å². The maximum absolute atomic E-state index is 10.5. The summed E-state index contributed by atoms with van der Waals surface area (Å²) < 4.78 is 4.16. The van der Waals surface area contributed by atoms with Gasteiger partial charge in [0.05, 0.1) is 0 Å². The second-order valence-corrected chi connectivity index (χ2v) is 3.28. The number of Topliss-reactive ketones (excluding diaryl/α,β-unsaturated/α-hetero) is 2. The van der Waals surface area contributed by atoms with Crippen molar-refractivity contribution in [3.63, 3.8) is 0 Å². The monoisotopic (exact) mass is 264 g/mol. The predicted octanol–water partition coefficient (Wildman–Crippen LogP) is -1.13. The molecule has 0 aliphatic rings. The van der Waals surface area contributed by atoms with E-state index < -0.39 is 24.8 Å². The largest absolute Gasteiger partial charge is 0.481 e. The molecule has 104 valence electrons. The van der Waals surface area contributed by atoms with Crippen molar-refractivity contribution in [3.8, 4) is 0 Å². The maximum Gasteiger partial charge on any atom is 0.315 e. The Morgan fingerprint density at radius 2 is 1.50 bits per heavy atom. The zero-order chi connectivity index (χ0) is 14.7. The van der Waals surface area contributed by atoms with Gasteiger partial charge in [-0.25, -0.2) is 0 Å². The van der Waals surface area contributed by atoms with Crippen LogP contribution in [0.3, 0.4) is 0 Å². The van der Waals surface area contributed by atoms with Crippen LogP contribution in [-0.4, -0.2) is 51.7 Å². The number of hydrogen-bond donors (Lipinski definition) is 3. The second-order valence-electron chi connectivity index (χ2n) is 3.28. The van der Waals surface area contributed by atoms with Crippen molar-refractivity contribution >= 4 is 23.5 Å². The summed E-state index contributed by atoms with van der Waals surface area (Å²) in [4.78, 5) is 40.2. The van der Waals surface area contributed by atoms with Gasteiger partial charge in [-0.1, -0.05) is 0 Å². The minimum Gasteiger partial charge on any atom is -0.481 e. The molecule has 0 aliphatic heterocycles. The molecule has 18 heavy (non-hydrogen) atoms. The summed E-state index contributed by atoms with van der Waals surface area (Å²) in [6.07, 6.45) is -2.27. The summed E-state index contributed by atoms with van der Waals surface area (Å²) >= 11 is 0. The van der Waals surface area contributed by atoms with E-state index in [1.807, 2.05) is 0 Å². The highest BCUT2D eigenvalue weighted by Gasteiger charge is 2.11. The van der Waals surface area contributed by atoms with E-state index in [4.69, 9.17) is 15.3 Å². The molecule has 0 amide bonds. The lowest BCUT2D eigenvalue weighted by molar-refractivity contribution is -0.174. The fraction of sp³-hybridized carbons (Fsp3) is 0.600. The minimum atomic E-state index is -1.53. The molecule has 0 rings (SSSR count). The molecule has 0 saturated heterocycles. The molecule has 0 spiro atoms. The number of hydrogen-bond acceptors (Lipinski definition) is 7. The lowest BCUT2D eigenvalue weighted by Crippen LogP contribution is -2.22. The Morgan fingerprint density at radius 1 is 1.06 bits per heavy atom. The highest BCUT2D eigenvalue weighted by molar-refractivity contribution is 5.94. The molecule has 0 fully saturated rings. The first-order valence-electron chi connectivity index (χ1n) is 4.88. The zero-order valence-electron chi connectivity index (χ0n) is 10.1. The minimum absolute atomic E-state index is 0.312. The van der Waals surface area contributed by atoms with E-state index in [0.717, 1.165) is 0 Å². The van der Waals surface area contributed by atoms with Crippen LogP contribution < -0.4 is 0 Å². The van der Waals surface area contributed by atoms with E-state index in [2.05, 4.69) is 4.74 Å². The van der Waals surface area contributed by atoms with E-state index >= 15 is 0 Å². The van der Waals surface area contributed by atoms with E-state index in [0.29, 0.717) is 0 Å². The molecule has 0 aromatic rings. The number of carbonyl (C=O) groups is 4. The Bertz CT molecular complexity index is 297. The Labute approximate surface area is 103 Å². The molecule has 0 aromatic carbocycles. The summed E-state index contributed by atoms with van der Waals surface area (Å²) in [5, 5.41) is 24.6. The van der Waals surface area contributed by atoms with Crippen LogP contribution in [0.4, 0.5) is 0 Å². The van der Waals surface area contributed by atoms with Gasteiger partial charge < -0.3 is 20.1 Å². The van der Waals surface area contributed by atoms with Crippen LogP contribution in [0, 0.1) is 0 Å². The van der Waals surface area contributed by atoms with Gasteiger partial charge in [-0.2, -0.15) is 0 Å². The number of esters is 1. The first kappa shape index (κ1) is 18.6. The van der Waals surface area contributed by atoms with E-state index in [1.54, 1.807) is 0 Å². The van der Waals surface area contributed by atoms with E-state index in [-0.39, 0.29) is 24.4 Å². The molecule has 8 nitrogen and oxygen atoms in total. The van der Waals surface area contributed by atoms with Crippen LogP contribution >= 0.6 is 0 Å². The zero-order valence-corrected chi connectivity index (χ0v) is 10.1. The van der Waals surface area contributed by atoms with Crippen molar-refractivity contribution in [1.82, 2.24) is 0 Å². The summed E-state index contributed by atoms with van der Waals surface area (Å²) in [5.74, 6) is -2.56. The third kappa shape index (κ3) is 16.6. The van der Waals surface area contributed by atoms with Crippen molar-refractivity contribution < 1.29 is 39.2 Å². The van der Waals surface area contributed by atoms with Gasteiger partial charge in [0.15, 0.2) is 0 Å². The third-order valence-electron chi connectivity index (χ3n) is 1.22. The van der Waals surface area contributed by atoms with Crippen molar-refractivity contribution in [2.24, 2.45) is 0 Å². The smallest absolute Gasteiger partial charge is 0.315 e. The number of carbonyl (C=O) groups excluding carboxylic acids is 3.